The third-order valence-corrected chi connectivity index (χ3v) is 3.56. The molecule has 0 spiro atoms. The fourth-order valence-corrected chi connectivity index (χ4v) is 2.59. The second-order valence-electron chi connectivity index (χ2n) is 5.32. The number of hydrogen-bond donors (Lipinski definition) is 1. The van der Waals surface area contributed by atoms with Crippen molar-refractivity contribution in [2.24, 2.45) is 0 Å². The Kier molecular flexibility index (Phi) is 3.70. The van der Waals surface area contributed by atoms with E-state index in [1.165, 1.54) is 0 Å². The Morgan fingerprint density at radius 1 is 1.37 bits per heavy atom. The summed E-state index contributed by atoms with van der Waals surface area (Å²) >= 11 is 6.22. The summed E-state index contributed by atoms with van der Waals surface area (Å²) in [5.74, 6) is 0. The first-order valence-electron chi connectivity index (χ1n) is 6.37. The first-order valence-corrected chi connectivity index (χ1v) is 6.75. The SMILES string of the molecule is Cc1cccc(C(C)(O)c2c(Cl)cnn2C(C)C)c1. The highest BCUT2D eigenvalue weighted by Gasteiger charge is 2.33. The lowest BCUT2D eigenvalue weighted by atomic mass is 9.91. The zero-order valence-corrected chi connectivity index (χ0v) is 12.4. The van der Waals surface area contributed by atoms with Crippen LogP contribution in [0, 0.1) is 6.92 Å². The number of aromatic nitrogens is 2. The minimum Gasteiger partial charge on any atom is -0.379 e. The van der Waals surface area contributed by atoms with Crippen LogP contribution in [0.5, 0.6) is 0 Å². The number of halogens is 1. The predicted molar refractivity (Wildman–Crippen MR) is 77.5 cm³/mol. The molecule has 0 saturated heterocycles. The summed E-state index contributed by atoms with van der Waals surface area (Å²) in [6, 6.07) is 7.94. The van der Waals surface area contributed by atoms with Crippen LogP contribution in [-0.2, 0) is 5.60 Å². The Morgan fingerprint density at radius 2 is 2.05 bits per heavy atom. The molecule has 1 atom stereocenters. The molecule has 1 aromatic carbocycles. The maximum atomic E-state index is 10.9. The number of nitrogens with zero attached hydrogens (tertiary/aromatic N) is 2. The van der Waals surface area contributed by atoms with Gasteiger partial charge < -0.3 is 5.11 Å². The highest BCUT2D eigenvalue weighted by molar-refractivity contribution is 6.31. The molecule has 1 aromatic heterocycles. The summed E-state index contributed by atoms with van der Waals surface area (Å²) in [6.07, 6.45) is 1.58. The van der Waals surface area contributed by atoms with Crippen molar-refractivity contribution in [3.8, 4) is 0 Å². The van der Waals surface area contributed by atoms with Crippen LogP contribution in [0.15, 0.2) is 30.5 Å². The van der Waals surface area contributed by atoms with Crippen molar-refractivity contribution >= 4 is 11.6 Å². The Morgan fingerprint density at radius 3 is 2.63 bits per heavy atom. The van der Waals surface area contributed by atoms with E-state index in [2.05, 4.69) is 5.10 Å². The molecule has 2 rings (SSSR count). The number of hydrogen-bond acceptors (Lipinski definition) is 2. The summed E-state index contributed by atoms with van der Waals surface area (Å²) in [5, 5.41) is 15.7. The zero-order chi connectivity index (χ0) is 14.2. The molecule has 0 radical (unpaired) electrons. The molecule has 0 aliphatic rings. The van der Waals surface area contributed by atoms with Crippen molar-refractivity contribution in [2.45, 2.75) is 39.3 Å². The molecular weight excluding hydrogens is 260 g/mol. The molecule has 0 amide bonds. The highest BCUT2D eigenvalue weighted by atomic mass is 35.5. The Hall–Kier alpha value is -1.32. The number of rotatable bonds is 3. The van der Waals surface area contributed by atoms with Gasteiger partial charge >= 0.3 is 0 Å². The van der Waals surface area contributed by atoms with Gasteiger partial charge in [-0.1, -0.05) is 41.4 Å². The van der Waals surface area contributed by atoms with Crippen LogP contribution in [0.25, 0.3) is 0 Å². The van der Waals surface area contributed by atoms with E-state index in [0.29, 0.717) is 10.7 Å². The lowest BCUT2D eigenvalue weighted by Crippen LogP contribution is -2.28. The lowest BCUT2D eigenvalue weighted by Gasteiger charge is -2.27. The Bertz CT molecular complexity index is 588. The molecule has 4 heteroatoms. The Balaban J connectivity index is 2.59. The molecule has 102 valence electrons. The largest absolute Gasteiger partial charge is 0.379 e. The van der Waals surface area contributed by atoms with Crippen molar-refractivity contribution in [3.63, 3.8) is 0 Å². The first-order chi connectivity index (χ1) is 8.84. The molecule has 1 heterocycles. The number of aliphatic hydroxyl groups is 1. The molecule has 0 bridgehead atoms. The second-order valence-corrected chi connectivity index (χ2v) is 5.73. The topological polar surface area (TPSA) is 38.1 Å². The van der Waals surface area contributed by atoms with Crippen LogP contribution in [0.1, 0.15) is 43.6 Å². The van der Waals surface area contributed by atoms with E-state index >= 15 is 0 Å². The van der Waals surface area contributed by atoms with Crippen LogP contribution in [0.4, 0.5) is 0 Å². The van der Waals surface area contributed by atoms with E-state index in [9.17, 15) is 5.11 Å². The van der Waals surface area contributed by atoms with Crippen molar-refractivity contribution in [3.05, 3.63) is 52.3 Å². The minimum absolute atomic E-state index is 0.138. The van der Waals surface area contributed by atoms with E-state index in [1.54, 1.807) is 17.8 Å². The van der Waals surface area contributed by atoms with Gasteiger partial charge in [-0.2, -0.15) is 5.10 Å². The molecule has 0 aliphatic carbocycles. The van der Waals surface area contributed by atoms with Gasteiger partial charge in [-0.15, -0.1) is 0 Å². The summed E-state index contributed by atoms with van der Waals surface area (Å²) in [5.41, 5.74) is 1.39. The molecule has 0 fully saturated rings. The normalized spacial score (nSPS) is 14.7. The molecule has 0 aliphatic heterocycles. The smallest absolute Gasteiger partial charge is 0.130 e. The van der Waals surface area contributed by atoms with Crippen molar-refractivity contribution in [1.29, 1.82) is 0 Å². The van der Waals surface area contributed by atoms with Crippen LogP contribution in [-0.4, -0.2) is 14.9 Å². The lowest BCUT2D eigenvalue weighted by molar-refractivity contribution is 0.0901. The summed E-state index contributed by atoms with van der Waals surface area (Å²) in [4.78, 5) is 0. The monoisotopic (exact) mass is 278 g/mol. The van der Waals surface area contributed by atoms with Gasteiger partial charge in [-0.3, -0.25) is 4.68 Å². The van der Waals surface area contributed by atoms with Gasteiger partial charge in [0, 0.05) is 6.04 Å². The molecule has 1 N–H and O–H groups in total. The minimum atomic E-state index is -1.16. The highest BCUT2D eigenvalue weighted by Crippen LogP contribution is 2.35. The number of benzene rings is 1. The molecule has 3 nitrogen and oxygen atoms in total. The fraction of sp³-hybridized carbons (Fsp3) is 0.400. The van der Waals surface area contributed by atoms with E-state index in [0.717, 1.165) is 11.1 Å². The fourth-order valence-electron chi connectivity index (χ4n) is 2.27. The van der Waals surface area contributed by atoms with Gasteiger partial charge in [0.05, 0.1) is 16.9 Å². The quantitative estimate of drug-likeness (QED) is 0.930. The van der Waals surface area contributed by atoms with Gasteiger partial charge in [0.15, 0.2) is 0 Å². The van der Waals surface area contributed by atoms with Gasteiger partial charge in [0.1, 0.15) is 5.60 Å². The van der Waals surface area contributed by atoms with E-state index in [4.69, 9.17) is 11.6 Å². The van der Waals surface area contributed by atoms with E-state index < -0.39 is 5.60 Å². The standard InChI is InChI=1S/C15H19ClN2O/c1-10(2)18-14(13(16)9-17-18)15(4,19)12-7-5-6-11(3)8-12/h5-10,19H,1-4H3. The van der Waals surface area contributed by atoms with E-state index in [1.807, 2.05) is 45.0 Å². The maximum Gasteiger partial charge on any atom is 0.130 e. The molecule has 19 heavy (non-hydrogen) atoms. The Labute approximate surface area is 118 Å². The first kappa shape index (κ1) is 14.1. The summed E-state index contributed by atoms with van der Waals surface area (Å²) < 4.78 is 1.77. The average Bonchev–Trinajstić information content (AvgIpc) is 2.72. The van der Waals surface area contributed by atoms with Crippen LogP contribution >= 0.6 is 11.6 Å². The zero-order valence-electron chi connectivity index (χ0n) is 11.7. The van der Waals surface area contributed by atoms with Crippen molar-refractivity contribution in [2.75, 3.05) is 0 Å². The summed E-state index contributed by atoms with van der Waals surface area (Å²) in [7, 11) is 0. The van der Waals surface area contributed by atoms with Gasteiger partial charge in [0.2, 0.25) is 0 Å². The van der Waals surface area contributed by atoms with Crippen molar-refractivity contribution < 1.29 is 5.11 Å². The number of aryl methyl sites for hydroxylation is 1. The third kappa shape index (κ3) is 2.53. The average molecular weight is 279 g/mol. The molecule has 0 saturated carbocycles. The van der Waals surface area contributed by atoms with Crippen LogP contribution in [0.2, 0.25) is 5.02 Å². The second kappa shape index (κ2) is 4.99. The van der Waals surface area contributed by atoms with Gasteiger partial charge in [-0.25, -0.2) is 0 Å². The predicted octanol–water partition coefficient (Wildman–Crippen LogP) is 3.68. The summed E-state index contributed by atoms with van der Waals surface area (Å²) in [6.45, 7) is 7.78. The molecule has 1 unspecified atom stereocenters. The van der Waals surface area contributed by atoms with Crippen LogP contribution in [0.3, 0.4) is 0 Å². The molecular formula is C15H19ClN2O. The van der Waals surface area contributed by atoms with Gasteiger partial charge in [0.25, 0.3) is 0 Å². The molecule has 2 aromatic rings. The van der Waals surface area contributed by atoms with Crippen LogP contribution < -0.4 is 0 Å². The third-order valence-electron chi connectivity index (χ3n) is 3.28. The maximum absolute atomic E-state index is 10.9. The van der Waals surface area contributed by atoms with E-state index in [-0.39, 0.29) is 6.04 Å². The van der Waals surface area contributed by atoms with Gasteiger partial charge in [-0.05, 0) is 33.3 Å². The van der Waals surface area contributed by atoms with Crippen molar-refractivity contribution in [1.82, 2.24) is 9.78 Å².